The third kappa shape index (κ3) is 6.03. The lowest BCUT2D eigenvalue weighted by Gasteiger charge is -2.26. The molecule has 2 fully saturated rings. The van der Waals surface area contributed by atoms with E-state index < -0.39 is 11.8 Å². The molecule has 1 aliphatic carbocycles. The molecule has 12 nitrogen and oxygen atoms in total. The first kappa shape index (κ1) is 25.7. The Bertz CT molecular complexity index is 1500. The first-order valence-electron chi connectivity index (χ1n) is 13.3. The van der Waals surface area contributed by atoms with E-state index in [9.17, 15) is 9.59 Å². The summed E-state index contributed by atoms with van der Waals surface area (Å²) in [7, 11) is 0. The van der Waals surface area contributed by atoms with Crippen LogP contribution >= 0.6 is 0 Å². The van der Waals surface area contributed by atoms with Crippen LogP contribution in [0.25, 0.3) is 17.1 Å². The van der Waals surface area contributed by atoms with Gasteiger partial charge in [0.25, 0.3) is 11.8 Å². The molecule has 0 radical (unpaired) electrons. The van der Waals surface area contributed by atoms with Gasteiger partial charge in [0.15, 0.2) is 11.4 Å². The average Bonchev–Trinajstić information content (AvgIpc) is 3.49. The van der Waals surface area contributed by atoms with Gasteiger partial charge in [-0.25, -0.2) is 14.6 Å². The number of pyridine rings is 1. The van der Waals surface area contributed by atoms with Gasteiger partial charge in [0.2, 0.25) is 5.89 Å². The van der Waals surface area contributed by atoms with Gasteiger partial charge in [-0.2, -0.15) is 5.10 Å². The number of nitrogens with zero attached hydrogens (tertiary/aromatic N) is 5. The molecule has 4 heterocycles. The van der Waals surface area contributed by atoms with Gasteiger partial charge in [-0.15, -0.1) is 0 Å². The molecule has 4 aromatic rings. The van der Waals surface area contributed by atoms with Gasteiger partial charge in [0.1, 0.15) is 12.1 Å². The number of amides is 2. The van der Waals surface area contributed by atoms with Crippen molar-refractivity contribution >= 4 is 23.3 Å². The van der Waals surface area contributed by atoms with E-state index in [1.807, 2.05) is 30.3 Å². The number of carbonyl (C=O) groups excluding carboxylic acids is 2. The predicted molar refractivity (Wildman–Crippen MR) is 147 cm³/mol. The number of nitrogens with one attached hydrogen (secondary N) is 2. The van der Waals surface area contributed by atoms with Crippen LogP contribution < -0.4 is 16.4 Å². The average molecular weight is 543 g/mol. The molecule has 4 N–H and O–H groups in total. The zero-order chi connectivity index (χ0) is 27.5. The minimum atomic E-state index is -0.762. The smallest absolute Gasteiger partial charge is 0.277 e. The summed E-state index contributed by atoms with van der Waals surface area (Å²) in [6.45, 7) is 5.00. The normalized spacial score (nSPS) is 15.6. The highest BCUT2D eigenvalue weighted by Gasteiger charge is 2.22. The molecule has 0 atom stereocenters. The number of hydrogen-bond acceptors (Lipinski definition) is 9. The van der Waals surface area contributed by atoms with Crippen molar-refractivity contribution in [3.05, 3.63) is 72.0 Å². The van der Waals surface area contributed by atoms with Crippen molar-refractivity contribution < 1.29 is 18.7 Å². The topological polar surface area (TPSA) is 153 Å². The van der Waals surface area contributed by atoms with Crippen LogP contribution in [0.2, 0.25) is 0 Å². The van der Waals surface area contributed by atoms with Crippen molar-refractivity contribution in [3.63, 3.8) is 0 Å². The zero-order valence-electron chi connectivity index (χ0n) is 21.9. The van der Waals surface area contributed by atoms with Crippen LogP contribution in [0.5, 0.6) is 0 Å². The molecule has 2 aliphatic rings. The summed E-state index contributed by atoms with van der Waals surface area (Å²) >= 11 is 0. The number of ether oxygens (including phenoxy) is 1. The van der Waals surface area contributed by atoms with Crippen LogP contribution in [0.3, 0.4) is 0 Å². The Kier molecular flexibility index (Phi) is 7.25. The maximum absolute atomic E-state index is 13.0. The third-order valence-corrected chi connectivity index (χ3v) is 6.92. The number of morpholine rings is 1. The first-order valence-corrected chi connectivity index (χ1v) is 13.3. The second-order valence-electron chi connectivity index (χ2n) is 10.0. The maximum atomic E-state index is 13.0. The predicted octanol–water partition coefficient (Wildman–Crippen LogP) is 2.93. The van der Waals surface area contributed by atoms with E-state index in [2.05, 4.69) is 30.6 Å². The largest absolute Gasteiger partial charge is 0.444 e. The monoisotopic (exact) mass is 542 g/mol. The summed E-state index contributed by atoms with van der Waals surface area (Å²) in [5.74, 6) is 0.393. The fraction of sp³-hybridized carbons (Fsp3) is 0.321. The van der Waals surface area contributed by atoms with Gasteiger partial charge in [0, 0.05) is 37.9 Å². The van der Waals surface area contributed by atoms with Crippen LogP contribution in [0, 0.1) is 5.92 Å². The SMILES string of the molecule is NC(=O)c1nn(-c2ccc(CN3CCOCC3)cc2)cc1NC(=O)c1coc(-c2ccnc(NCC3CC3)c2)n1. The second kappa shape index (κ2) is 11.3. The summed E-state index contributed by atoms with van der Waals surface area (Å²) in [6.07, 6.45) is 6.96. The Morgan fingerprint density at radius 1 is 1.10 bits per heavy atom. The molecule has 0 spiro atoms. The van der Waals surface area contributed by atoms with E-state index in [0.717, 1.165) is 56.5 Å². The standard InChI is InChI=1S/C28H30N8O4/c29-26(37)25-22(16-36(34-25)21-5-3-19(4-6-21)15-35-9-11-39-12-10-35)32-27(38)23-17-40-28(33-23)20-7-8-30-24(13-20)31-14-18-1-2-18/h3-8,13,16-18H,1-2,9-12,14-15H2,(H2,29,37)(H,30,31)(H,32,38). The van der Waals surface area contributed by atoms with Gasteiger partial charge in [-0.05, 0) is 48.6 Å². The number of benzene rings is 1. The molecule has 1 saturated heterocycles. The Balaban J connectivity index is 1.14. The van der Waals surface area contributed by atoms with Crippen molar-refractivity contribution in [2.24, 2.45) is 11.7 Å². The Labute approximate surface area is 230 Å². The Morgan fingerprint density at radius 3 is 2.65 bits per heavy atom. The minimum Gasteiger partial charge on any atom is -0.444 e. The number of rotatable bonds is 10. The number of carbonyl (C=O) groups is 2. The third-order valence-electron chi connectivity index (χ3n) is 6.92. The summed E-state index contributed by atoms with van der Waals surface area (Å²) in [4.78, 5) is 36.1. The lowest BCUT2D eigenvalue weighted by Crippen LogP contribution is -2.35. The van der Waals surface area contributed by atoms with Crippen molar-refractivity contribution in [2.75, 3.05) is 43.5 Å². The van der Waals surface area contributed by atoms with Crippen molar-refractivity contribution in [1.82, 2.24) is 24.6 Å². The zero-order valence-corrected chi connectivity index (χ0v) is 21.9. The van der Waals surface area contributed by atoms with Crippen LogP contribution in [0.15, 0.2) is 59.5 Å². The molecule has 40 heavy (non-hydrogen) atoms. The van der Waals surface area contributed by atoms with Gasteiger partial charge >= 0.3 is 0 Å². The van der Waals surface area contributed by atoms with E-state index >= 15 is 0 Å². The van der Waals surface area contributed by atoms with Crippen molar-refractivity contribution in [1.29, 1.82) is 0 Å². The molecule has 2 amide bonds. The van der Waals surface area contributed by atoms with E-state index in [0.29, 0.717) is 11.5 Å². The Hall–Kier alpha value is -4.55. The minimum absolute atomic E-state index is 0.0509. The molecular weight excluding hydrogens is 512 g/mol. The summed E-state index contributed by atoms with van der Waals surface area (Å²) in [5, 5.41) is 10.3. The van der Waals surface area contributed by atoms with E-state index in [4.69, 9.17) is 14.9 Å². The van der Waals surface area contributed by atoms with Crippen LogP contribution in [-0.4, -0.2) is 69.3 Å². The highest BCUT2D eigenvalue weighted by Crippen LogP contribution is 2.29. The number of oxazole rings is 1. The number of aromatic nitrogens is 4. The number of nitrogens with two attached hydrogens (primary N) is 1. The second-order valence-corrected chi connectivity index (χ2v) is 10.0. The molecule has 206 valence electrons. The molecule has 1 aromatic carbocycles. The first-order chi connectivity index (χ1) is 19.5. The van der Waals surface area contributed by atoms with Gasteiger partial charge in [-0.1, -0.05) is 12.1 Å². The quantitative estimate of drug-likeness (QED) is 0.274. The van der Waals surface area contributed by atoms with Crippen molar-refractivity contribution in [2.45, 2.75) is 19.4 Å². The van der Waals surface area contributed by atoms with Crippen molar-refractivity contribution in [3.8, 4) is 17.1 Å². The Morgan fingerprint density at radius 2 is 1.90 bits per heavy atom. The van der Waals surface area contributed by atoms with Crippen LogP contribution in [-0.2, 0) is 11.3 Å². The van der Waals surface area contributed by atoms with E-state index in [1.165, 1.54) is 23.8 Å². The summed E-state index contributed by atoms with van der Waals surface area (Å²) in [5.41, 5.74) is 8.30. The van der Waals surface area contributed by atoms with Gasteiger partial charge in [-0.3, -0.25) is 14.5 Å². The summed E-state index contributed by atoms with van der Waals surface area (Å²) in [6, 6.07) is 11.4. The highest BCUT2D eigenvalue weighted by molar-refractivity contribution is 6.07. The number of hydrogen-bond donors (Lipinski definition) is 3. The van der Waals surface area contributed by atoms with E-state index in [-0.39, 0.29) is 23.0 Å². The lowest BCUT2D eigenvalue weighted by molar-refractivity contribution is 0.0342. The van der Waals surface area contributed by atoms with Gasteiger partial charge in [0.05, 0.1) is 30.8 Å². The van der Waals surface area contributed by atoms with Crippen LogP contribution in [0.1, 0.15) is 39.4 Å². The number of primary amides is 1. The highest BCUT2D eigenvalue weighted by atomic mass is 16.5. The molecule has 0 unspecified atom stereocenters. The molecule has 6 rings (SSSR count). The van der Waals surface area contributed by atoms with E-state index in [1.54, 1.807) is 18.5 Å². The van der Waals surface area contributed by atoms with Crippen LogP contribution in [0.4, 0.5) is 11.5 Å². The maximum Gasteiger partial charge on any atom is 0.277 e. The molecule has 1 saturated carbocycles. The molecular formula is C28H30N8O4. The summed E-state index contributed by atoms with van der Waals surface area (Å²) < 4.78 is 12.5. The molecule has 12 heteroatoms. The fourth-order valence-electron chi connectivity index (χ4n) is 4.48. The van der Waals surface area contributed by atoms with Gasteiger partial charge < -0.3 is 25.5 Å². The molecule has 1 aliphatic heterocycles. The molecule has 0 bridgehead atoms. The fourth-order valence-corrected chi connectivity index (χ4v) is 4.48. The number of anilines is 2. The molecule has 3 aromatic heterocycles. The lowest BCUT2D eigenvalue weighted by atomic mass is 10.2.